The molecule has 2 aromatic heterocycles. The Morgan fingerprint density at radius 3 is 2.73 bits per heavy atom. The van der Waals surface area contributed by atoms with Crippen LogP contribution in [0.3, 0.4) is 0 Å². The van der Waals surface area contributed by atoms with Crippen molar-refractivity contribution in [1.82, 2.24) is 14.5 Å². The highest BCUT2D eigenvalue weighted by Gasteiger charge is 2.34. The minimum absolute atomic E-state index is 0.411. The minimum Gasteiger partial charge on any atom is -0.333 e. The van der Waals surface area contributed by atoms with Crippen LogP contribution in [0.1, 0.15) is 36.7 Å². The first-order valence-electron chi connectivity index (χ1n) is 8.49. The average molecular weight is 373 g/mol. The van der Waals surface area contributed by atoms with E-state index in [0.29, 0.717) is 34.4 Å². The molecule has 5 rings (SSSR count). The van der Waals surface area contributed by atoms with Gasteiger partial charge in [-0.1, -0.05) is 11.6 Å². The van der Waals surface area contributed by atoms with Gasteiger partial charge in [-0.2, -0.15) is 8.78 Å². The molecule has 0 radical (unpaired) electrons. The molecule has 0 atom stereocenters. The Morgan fingerprint density at radius 2 is 1.96 bits per heavy atom. The van der Waals surface area contributed by atoms with E-state index in [1.807, 2.05) is 18.2 Å². The number of hydrogen-bond donors (Lipinski definition) is 0. The third-order valence-electron chi connectivity index (χ3n) is 4.96. The molecule has 0 saturated heterocycles. The number of rotatable bonds is 3. The molecular weight excluding hydrogens is 358 g/mol. The van der Waals surface area contributed by atoms with E-state index < -0.39 is 6.55 Å². The van der Waals surface area contributed by atoms with Crippen molar-refractivity contribution in [3.8, 4) is 11.3 Å². The van der Waals surface area contributed by atoms with Crippen molar-refractivity contribution in [3.05, 3.63) is 59.3 Å². The summed E-state index contributed by atoms with van der Waals surface area (Å²) in [5.41, 5.74) is 4.65. The van der Waals surface area contributed by atoms with Crippen molar-refractivity contribution in [2.75, 3.05) is 4.90 Å². The normalized spacial score (nSPS) is 15.9. The van der Waals surface area contributed by atoms with Crippen molar-refractivity contribution in [2.24, 2.45) is 0 Å². The first kappa shape index (κ1) is 15.8. The average Bonchev–Trinajstić information content (AvgIpc) is 3.39. The molecule has 7 heteroatoms. The highest BCUT2D eigenvalue weighted by Crippen LogP contribution is 2.49. The van der Waals surface area contributed by atoms with Crippen LogP contribution < -0.4 is 4.90 Å². The summed E-state index contributed by atoms with van der Waals surface area (Å²) >= 11 is 6.23. The molecule has 26 heavy (non-hydrogen) atoms. The molecule has 0 unspecified atom stereocenters. The molecule has 3 aromatic rings. The van der Waals surface area contributed by atoms with Crippen LogP contribution in [0.5, 0.6) is 0 Å². The Balaban J connectivity index is 1.72. The van der Waals surface area contributed by atoms with Crippen molar-refractivity contribution < 1.29 is 8.78 Å². The number of nitrogens with zero attached hydrogens (tertiary/aromatic N) is 4. The molecule has 1 aliphatic heterocycles. The zero-order chi connectivity index (χ0) is 17.8. The standard InChI is InChI=1S/C19H15ClF2N4/c20-12-5-6-13-16(8-12)25(9-14-18(13)26(10-24-14)19(21)22)15-2-1-7-23-17(15)11-3-4-11/h1-2,5-8,10-11,19H,3-4,9H2. The summed E-state index contributed by atoms with van der Waals surface area (Å²) in [5, 5.41) is 0.567. The molecular formula is C19H15ClF2N4. The molecule has 4 nitrogen and oxygen atoms in total. The van der Waals surface area contributed by atoms with E-state index in [1.54, 1.807) is 18.3 Å². The van der Waals surface area contributed by atoms with Crippen LogP contribution in [0, 0.1) is 0 Å². The molecule has 1 aromatic carbocycles. The van der Waals surface area contributed by atoms with Gasteiger partial charge in [0.2, 0.25) is 0 Å². The summed E-state index contributed by atoms with van der Waals surface area (Å²) in [6.45, 7) is -2.23. The quantitative estimate of drug-likeness (QED) is 0.606. The van der Waals surface area contributed by atoms with Crippen molar-refractivity contribution in [1.29, 1.82) is 0 Å². The fourth-order valence-corrected chi connectivity index (χ4v) is 3.81. The van der Waals surface area contributed by atoms with Gasteiger partial charge in [0.25, 0.3) is 0 Å². The Hall–Kier alpha value is -2.47. The maximum absolute atomic E-state index is 13.4. The Morgan fingerprint density at radius 1 is 1.12 bits per heavy atom. The van der Waals surface area contributed by atoms with Crippen LogP contribution in [0.4, 0.5) is 20.2 Å². The lowest BCUT2D eigenvalue weighted by Crippen LogP contribution is -2.23. The fraction of sp³-hybridized carbons (Fsp3) is 0.263. The van der Waals surface area contributed by atoms with Crippen LogP contribution in [-0.4, -0.2) is 14.5 Å². The molecule has 1 saturated carbocycles. The predicted octanol–water partition coefficient (Wildman–Crippen LogP) is 5.52. The second-order valence-corrected chi connectivity index (χ2v) is 7.09. The van der Waals surface area contributed by atoms with Crippen molar-refractivity contribution in [2.45, 2.75) is 31.9 Å². The summed E-state index contributed by atoms with van der Waals surface area (Å²) in [6, 6.07) is 9.27. The SMILES string of the molecule is FC(F)n1cnc2c1-c1ccc(Cl)cc1N(c1cccnc1C1CC1)C2. The highest BCUT2D eigenvalue weighted by atomic mass is 35.5. The Labute approximate surface area is 154 Å². The third-order valence-corrected chi connectivity index (χ3v) is 5.20. The lowest BCUT2D eigenvalue weighted by Gasteiger charge is -2.32. The van der Waals surface area contributed by atoms with E-state index >= 15 is 0 Å². The van der Waals surface area contributed by atoms with Crippen LogP contribution >= 0.6 is 11.6 Å². The molecule has 2 aliphatic rings. The van der Waals surface area contributed by atoms with Gasteiger partial charge in [-0.3, -0.25) is 9.55 Å². The van der Waals surface area contributed by atoms with Gasteiger partial charge < -0.3 is 4.90 Å². The number of anilines is 2. The monoisotopic (exact) mass is 372 g/mol. The summed E-state index contributed by atoms with van der Waals surface area (Å²) in [6.07, 6.45) is 5.27. The van der Waals surface area contributed by atoms with Crippen LogP contribution in [0.2, 0.25) is 5.02 Å². The maximum atomic E-state index is 13.4. The fourth-order valence-electron chi connectivity index (χ4n) is 3.64. The van der Waals surface area contributed by atoms with Crippen molar-refractivity contribution >= 4 is 23.0 Å². The predicted molar refractivity (Wildman–Crippen MR) is 96.0 cm³/mol. The minimum atomic E-state index is -2.64. The van der Waals surface area contributed by atoms with E-state index in [2.05, 4.69) is 14.9 Å². The lowest BCUT2D eigenvalue weighted by atomic mass is 10.0. The molecule has 1 aliphatic carbocycles. The molecule has 0 spiro atoms. The highest BCUT2D eigenvalue weighted by molar-refractivity contribution is 6.31. The first-order valence-corrected chi connectivity index (χ1v) is 8.87. The van der Waals surface area contributed by atoms with Gasteiger partial charge >= 0.3 is 6.55 Å². The van der Waals surface area contributed by atoms with Gasteiger partial charge in [-0.15, -0.1) is 0 Å². The molecule has 132 valence electrons. The van der Waals surface area contributed by atoms with E-state index in [9.17, 15) is 8.78 Å². The summed E-state index contributed by atoms with van der Waals surface area (Å²) in [7, 11) is 0. The van der Waals surface area contributed by atoms with E-state index in [4.69, 9.17) is 11.6 Å². The number of pyridine rings is 1. The smallest absolute Gasteiger partial charge is 0.320 e. The Bertz CT molecular complexity index is 997. The van der Waals surface area contributed by atoms with E-state index in [0.717, 1.165) is 34.5 Å². The lowest BCUT2D eigenvalue weighted by molar-refractivity contribution is 0.0718. The molecule has 0 amide bonds. The van der Waals surface area contributed by atoms with Crippen LogP contribution in [0.25, 0.3) is 11.3 Å². The topological polar surface area (TPSA) is 34.0 Å². The number of halogens is 3. The number of imidazole rings is 1. The summed E-state index contributed by atoms with van der Waals surface area (Å²) in [5.74, 6) is 0.467. The zero-order valence-corrected chi connectivity index (χ0v) is 14.5. The molecule has 0 bridgehead atoms. The number of hydrogen-bond acceptors (Lipinski definition) is 3. The van der Waals surface area contributed by atoms with Gasteiger partial charge in [-0.25, -0.2) is 4.98 Å². The number of alkyl halides is 2. The third kappa shape index (κ3) is 2.40. The first-order chi connectivity index (χ1) is 12.6. The van der Waals surface area contributed by atoms with Gasteiger partial charge in [0.15, 0.2) is 0 Å². The van der Waals surface area contributed by atoms with Crippen LogP contribution in [-0.2, 0) is 6.54 Å². The number of fused-ring (bicyclic) bond motifs is 3. The number of aromatic nitrogens is 3. The molecule has 1 fully saturated rings. The van der Waals surface area contributed by atoms with E-state index in [1.165, 1.54) is 6.33 Å². The zero-order valence-electron chi connectivity index (χ0n) is 13.7. The van der Waals surface area contributed by atoms with Gasteiger partial charge in [0.1, 0.15) is 6.33 Å². The van der Waals surface area contributed by atoms with E-state index in [-0.39, 0.29) is 0 Å². The van der Waals surface area contributed by atoms with Crippen LogP contribution in [0.15, 0.2) is 42.9 Å². The Kier molecular flexibility index (Phi) is 3.50. The van der Waals surface area contributed by atoms with Gasteiger partial charge in [0, 0.05) is 22.7 Å². The number of benzene rings is 1. The molecule has 0 N–H and O–H groups in total. The molecule has 3 heterocycles. The summed E-state index contributed by atoms with van der Waals surface area (Å²) < 4.78 is 27.8. The van der Waals surface area contributed by atoms with Crippen molar-refractivity contribution in [3.63, 3.8) is 0 Å². The summed E-state index contributed by atoms with van der Waals surface area (Å²) in [4.78, 5) is 10.9. The second-order valence-electron chi connectivity index (χ2n) is 6.65. The van der Waals surface area contributed by atoms with Gasteiger partial charge in [0.05, 0.1) is 35.0 Å². The maximum Gasteiger partial charge on any atom is 0.320 e. The largest absolute Gasteiger partial charge is 0.333 e. The second kappa shape index (κ2) is 5.77. The van der Waals surface area contributed by atoms with Gasteiger partial charge in [-0.05, 0) is 43.2 Å².